The maximum absolute atomic E-state index is 4.68. The van der Waals surface area contributed by atoms with Crippen LogP contribution in [0.3, 0.4) is 0 Å². The minimum absolute atomic E-state index is 0.171. The summed E-state index contributed by atoms with van der Waals surface area (Å²) in [6.07, 6.45) is 8.39. The van der Waals surface area contributed by atoms with E-state index in [9.17, 15) is 0 Å². The average Bonchev–Trinajstić information content (AvgIpc) is 2.39. The lowest BCUT2D eigenvalue weighted by Crippen LogP contribution is -2.24. The molecule has 17 heavy (non-hydrogen) atoms. The molecule has 2 nitrogen and oxygen atoms in total. The third kappa shape index (κ3) is 1.86. The number of allylic oxidation sites excluding steroid dienone is 3. The molecule has 0 aromatic heterocycles. The summed E-state index contributed by atoms with van der Waals surface area (Å²) in [5.41, 5.74) is 2.37. The van der Waals surface area contributed by atoms with Crippen LogP contribution in [0.5, 0.6) is 0 Å². The van der Waals surface area contributed by atoms with Gasteiger partial charge in [-0.3, -0.25) is 4.99 Å². The van der Waals surface area contributed by atoms with Crippen molar-refractivity contribution in [3.63, 3.8) is 0 Å². The van der Waals surface area contributed by atoms with Crippen LogP contribution in [-0.4, -0.2) is 11.5 Å². The van der Waals surface area contributed by atoms with Crippen molar-refractivity contribution in [3.05, 3.63) is 60.2 Å². The zero-order valence-electron chi connectivity index (χ0n) is 9.75. The standard InChI is InChI=1S/C15H14N2/c1-11-16-14-10-6-5-9-13(14)15(17-11)12-7-3-2-4-8-12/h2-10,13,15H,1H3. The summed E-state index contributed by atoms with van der Waals surface area (Å²) in [6, 6.07) is 10.6. The summed E-state index contributed by atoms with van der Waals surface area (Å²) >= 11 is 0. The first-order chi connectivity index (χ1) is 8.34. The van der Waals surface area contributed by atoms with Gasteiger partial charge in [-0.2, -0.15) is 0 Å². The highest BCUT2D eigenvalue weighted by molar-refractivity contribution is 6.08. The van der Waals surface area contributed by atoms with Crippen molar-refractivity contribution in [1.29, 1.82) is 0 Å². The van der Waals surface area contributed by atoms with Crippen LogP contribution in [0.1, 0.15) is 18.5 Å². The Morgan fingerprint density at radius 3 is 2.71 bits per heavy atom. The van der Waals surface area contributed by atoms with Gasteiger partial charge in [0.2, 0.25) is 0 Å². The molecular formula is C15H14N2. The zero-order chi connectivity index (χ0) is 11.7. The van der Waals surface area contributed by atoms with Crippen LogP contribution in [0.25, 0.3) is 0 Å². The Kier molecular flexibility index (Phi) is 2.48. The molecular weight excluding hydrogens is 208 g/mol. The molecule has 0 radical (unpaired) electrons. The van der Waals surface area contributed by atoms with Crippen molar-refractivity contribution in [2.24, 2.45) is 15.9 Å². The second-order valence-corrected chi connectivity index (χ2v) is 4.34. The highest BCUT2D eigenvalue weighted by Crippen LogP contribution is 2.33. The van der Waals surface area contributed by atoms with Crippen molar-refractivity contribution in [1.82, 2.24) is 0 Å². The van der Waals surface area contributed by atoms with Crippen LogP contribution >= 0.6 is 0 Å². The molecule has 1 aromatic rings. The van der Waals surface area contributed by atoms with Crippen LogP contribution < -0.4 is 0 Å². The number of nitrogens with zero attached hydrogens (tertiary/aromatic N) is 2. The maximum Gasteiger partial charge on any atom is 0.121 e. The van der Waals surface area contributed by atoms with Crippen molar-refractivity contribution in [2.75, 3.05) is 0 Å². The Labute approximate surface area is 101 Å². The Hall–Kier alpha value is -1.96. The SMILES string of the molecule is CC1=NC(c2ccccc2)C2C=CC=CC2=N1. The third-order valence-corrected chi connectivity index (χ3v) is 3.14. The molecule has 0 N–H and O–H groups in total. The summed E-state index contributed by atoms with van der Waals surface area (Å²) in [5, 5.41) is 0. The summed E-state index contributed by atoms with van der Waals surface area (Å²) in [6.45, 7) is 1.96. The van der Waals surface area contributed by atoms with E-state index < -0.39 is 0 Å². The molecule has 84 valence electrons. The first kappa shape index (κ1) is 10.2. The Morgan fingerprint density at radius 2 is 1.88 bits per heavy atom. The van der Waals surface area contributed by atoms with Gasteiger partial charge in [0.05, 0.1) is 11.8 Å². The molecule has 3 rings (SSSR count). The number of fused-ring (bicyclic) bond motifs is 1. The van der Waals surface area contributed by atoms with Crippen molar-refractivity contribution >= 4 is 11.5 Å². The molecule has 2 unspecified atom stereocenters. The predicted octanol–water partition coefficient (Wildman–Crippen LogP) is 3.34. The van der Waals surface area contributed by atoms with Gasteiger partial charge in [0.25, 0.3) is 0 Å². The van der Waals surface area contributed by atoms with Crippen molar-refractivity contribution in [3.8, 4) is 0 Å². The predicted molar refractivity (Wildman–Crippen MR) is 71.5 cm³/mol. The minimum atomic E-state index is 0.171. The number of hydrogen-bond donors (Lipinski definition) is 0. The lowest BCUT2D eigenvalue weighted by Gasteiger charge is -2.27. The van der Waals surface area contributed by atoms with Crippen LogP contribution in [-0.2, 0) is 0 Å². The summed E-state index contributed by atoms with van der Waals surface area (Å²) < 4.78 is 0. The van der Waals surface area contributed by atoms with Gasteiger partial charge in [-0.15, -0.1) is 0 Å². The third-order valence-electron chi connectivity index (χ3n) is 3.14. The molecule has 0 saturated carbocycles. The first-order valence-corrected chi connectivity index (χ1v) is 5.87. The lowest BCUT2D eigenvalue weighted by molar-refractivity contribution is 0.640. The maximum atomic E-state index is 4.68. The molecule has 1 aliphatic carbocycles. The highest BCUT2D eigenvalue weighted by Gasteiger charge is 2.28. The van der Waals surface area contributed by atoms with Gasteiger partial charge in [-0.05, 0) is 18.6 Å². The smallest absolute Gasteiger partial charge is 0.121 e. The molecule has 0 bridgehead atoms. The fraction of sp³-hybridized carbons (Fsp3) is 0.200. The van der Waals surface area contributed by atoms with E-state index in [1.807, 2.05) is 19.1 Å². The fourth-order valence-corrected chi connectivity index (χ4v) is 2.36. The Bertz CT molecular complexity index is 535. The highest BCUT2D eigenvalue weighted by atomic mass is 15.0. The zero-order valence-corrected chi connectivity index (χ0v) is 9.75. The first-order valence-electron chi connectivity index (χ1n) is 5.87. The monoisotopic (exact) mass is 222 g/mol. The van der Waals surface area contributed by atoms with Gasteiger partial charge < -0.3 is 0 Å². The number of benzene rings is 1. The molecule has 1 heterocycles. The van der Waals surface area contributed by atoms with Crippen LogP contribution in [0.4, 0.5) is 0 Å². The molecule has 0 fully saturated rings. The quantitative estimate of drug-likeness (QED) is 0.696. The topological polar surface area (TPSA) is 24.7 Å². The van der Waals surface area contributed by atoms with E-state index in [1.54, 1.807) is 0 Å². The van der Waals surface area contributed by atoms with Gasteiger partial charge in [-0.1, -0.05) is 48.6 Å². The molecule has 1 aliphatic heterocycles. The number of aliphatic imine (C=N–C) groups is 2. The minimum Gasteiger partial charge on any atom is -0.262 e. The number of rotatable bonds is 1. The van der Waals surface area contributed by atoms with Crippen molar-refractivity contribution < 1.29 is 0 Å². The lowest BCUT2D eigenvalue weighted by atomic mass is 9.86. The van der Waals surface area contributed by atoms with Crippen LogP contribution in [0.2, 0.25) is 0 Å². The molecule has 1 aromatic carbocycles. The van der Waals surface area contributed by atoms with E-state index >= 15 is 0 Å². The molecule has 2 atom stereocenters. The second kappa shape index (κ2) is 4.13. The van der Waals surface area contributed by atoms with E-state index in [2.05, 4.69) is 52.5 Å². The molecule has 0 saturated heterocycles. The van der Waals surface area contributed by atoms with E-state index in [1.165, 1.54) is 5.56 Å². The van der Waals surface area contributed by atoms with E-state index in [4.69, 9.17) is 0 Å². The normalized spacial score (nSPS) is 26.2. The molecule has 0 amide bonds. The largest absolute Gasteiger partial charge is 0.262 e. The van der Waals surface area contributed by atoms with Gasteiger partial charge in [-0.25, -0.2) is 4.99 Å². The molecule has 2 aliphatic rings. The number of hydrogen-bond acceptors (Lipinski definition) is 2. The summed E-state index contributed by atoms with van der Waals surface area (Å²) in [4.78, 5) is 9.19. The fourth-order valence-electron chi connectivity index (χ4n) is 2.36. The summed E-state index contributed by atoms with van der Waals surface area (Å²) in [7, 11) is 0. The Balaban J connectivity index is 2.04. The molecule has 2 heteroatoms. The van der Waals surface area contributed by atoms with Gasteiger partial charge in [0.1, 0.15) is 5.84 Å². The molecule has 0 spiro atoms. The Morgan fingerprint density at radius 1 is 1.06 bits per heavy atom. The second-order valence-electron chi connectivity index (χ2n) is 4.34. The summed E-state index contributed by atoms with van der Waals surface area (Å²) in [5.74, 6) is 1.15. The van der Waals surface area contributed by atoms with E-state index in [0.29, 0.717) is 0 Å². The van der Waals surface area contributed by atoms with Gasteiger partial charge in [0, 0.05) is 5.92 Å². The average molecular weight is 222 g/mol. The van der Waals surface area contributed by atoms with Gasteiger partial charge in [0.15, 0.2) is 0 Å². The van der Waals surface area contributed by atoms with Crippen LogP contribution in [0, 0.1) is 5.92 Å². The van der Waals surface area contributed by atoms with Crippen LogP contribution in [0.15, 0.2) is 64.6 Å². The van der Waals surface area contributed by atoms with Crippen molar-refractivity contribution in [2.45, 2.75) is 13.0 Å². The number of amidine groups is 1. The van der Waals surface area contributed by atoms with Gasteiger partial charge >= 0.3 is 0 Å². The van der Waals surface area contributed by atoms with E-state index in [0.717, 1.165) is 11.5 Å². The van der Waals surface area contributed by atoms with E-state index in [-0.39, 0.29) is 12.0 Å².